The molecule has 1 aromatic carbocycles. The summed E-state index contributed by atoms with van der Waals surface area (Å²) >= 11 is 3.33. The van der Waals surface area contributed by atoms with E-state index < -0.39 is 5.97 Å². The second-order valence-electron chi connectivity index (χ2n) is 4.23. The molecule has 5 nitrogen and oxygen atoms in total. The molecule has 0 fully saturated rings. The first-order valence-corrected chi connectivity index (χ1v) is 6.74. The van der Waals surface area contributed by atoms with Gasteiger partial charge in [0.15, 0.2) is 0 Å². The van der Waals surface area contributed by atoms with Gasteiger partial charge in [0.25, 0.3) is 0 Å². The predicted molar refractivity (Wildman–Crippen MR) is 75.8 cm³/mol. The summed E-state index contributed by atoms with van der Waals surface area (Å²) in [6, 6.07) is 5.02. The number of aromatic nitrogens is 1. The highest BCUT2D eigenvalue weighted by Gasteiger charge is 2.14. The molecule has 0 bridgehead atoms. The number of rotatable bonds is 4. The fourth-order valence-electron chi connectivity index (χ4n) is 1.72. The lowest BCUT2D eigenvalue weighted by Crippen LogP contribution is -2.06. The molecule has 0 spiro atoms. The first-order chi connectivity index (χ1) is 9.52. The van der Waals surface area contributed by atoms with Gasteiger partial charge in [-0.05, 0) is 48.0 Å². The Morgan fingerprint density at radius 3 is 2.70 bits per heavy atom. The molecule has 0 unspecified atom stereocenters. The number of methoxy groups -OCH3 is 1. The molecule has 1 heterocycles. The maximum atomic E-state index is 12.0. The van der Waals surface area contributed by atoms with Gasteiger partial charge in [-0.3, -0.25) is 0 Å². The maximum Gasteiger partial charge on any atom is 0.338 e. The summed E-state index contributed by atoms with van der Waals surface area (Å²) in [5, 5.41) is 3.81. The number of halogens is 1. The highest BCUT2D eigenvalue weighted by Crippen LogP contribution is 2.26. The van der Waals surface area contributed by atoms with Gasteiger partial charge in [-0.2, -0.15) is 0 Å². The van der Waals surface area contributed by atoms with Gasteiger partial charge in [-0.25, -0.2) is 4.79 Å². The van der Waals surface area contributed by atoms with Crippen molar-refractivity contribution in [1.29, 1.82) is 0 Å². The van der Waals surface area contributed by atoms with E-state index in [1.807, 2.05) is 6.92 Å². The minimum Gasteiger partial charge on any atom is -0.496 e. The zero-order valence-electron chi connectivity index (χ0n) is 11.4. The molecule has 0 amide bonds. The molecule has 0 saturated heterocycles. The number of aryl methyl sites for hydroxylation is 2. The third-order valence-corrected chi connectivity index (χ3v) is 3.54. The Morgan fingerprint density at radius 1 is 1.40 bits per heavy atom. The summed E-state index contributed by atoms with van der Waals surface area (Å²) in [5.74, 6) is 0.909. The van der Waals surface area contributed by atoms with Crippen molar-refractivity contribution in [3.63, 3.8) is 0 Å². The van der Waals surface area contributed by atoms with E-state index in [9.17, 15) is 4.79 Å². The van der Waals surface area contributed by atoms with Crippen molar-refractivity contribution in [2.75, 3.05) is 7.11 Å². The van der Waals surface area contributed by atoms with Gasteiger partial charge >= 0.3 is 5.97 Å². The maximum absolute atomic E-state index is 12.0. The van der Waals surface area contributed by atoms with Crippen LogP contribution in [0, 0.1) is 13.8 Å². The van der Waals surface area contributed by atoms with Gasteiger partial charge in [0.1, 0.15) is 18.1 Å². The monoisotopic (exact) mass is 339 g/mol. The average Bonchev–Trinajstić information content (AvgIpc) is 2.75. The van der Waals surface area contributed by atoms with E-state index in [-0.39, 0.29) is 6.61 Å². The van der Waals surface area contributed by atoms with Crippen LogP contribution in [0.1, 0.15) is 27.4 Å². The third-order valence-electron chi connectivity index (χ3n) is 2.92. The molecule has 0 atom stereocenters. The van der Waals surface area contributed by atoms with Crippen molar-refractivity contribution in [1.82, 2.24) is 5.16 Å². The fraction of sp³-hybridized carbons (Fsp3) is 0.286. The molecule has 0 aliphatic heterocycles. The summed E-state index contributed by atoms with van der Waals surface area (Å²) in [5.41, 5.74) is 1.97. The number of carbonyl (C=O) groups is 1. The molecule has 20 heavy (non-hydrogen) atoms. The van der Waals surface area contributed by atoms with Crippen LogP contribution >= 0.6 is 15.9 Å². The van der Waals surface area contributed by atoms with Crippen LogP contribution in [0.15, 0.2) is 27.2 Å². The standard InChI is InChI=1S/C14H14BrNO4/c1-8-11(9(2)20-16-8)7-19-14(17)10-4-5-13(18-3)12(15)6-10/h4-6H,7H2,1-3H3. The quantitative estimate of drug-likeness (QED) is 0.798. The molecule has 0 aliphatic rings. The topological polar surface area (TPSA) is 61.6 Å². The molecule has 106 valence electrons. The van der Waals surface area contributed by atoms with Gasteiger partial charge < -0.3 is 14.0 Å². The summed E-state index contributed by atoms with van der Waals surface area (Å²) in [6.07, 6.45) is 0. The molecule has 6 heteroatoms. The Balaban J connectivity index is 2.07. The molecule has 0 radical (unpaired) electrons. The highest BCUT2D eigenvalue weighted by molar-refractivity contribution is 9.10. The third kappa shape index (κ3) is 3.01. The van der Waals surface area contributed by atoms with Crippen LogP contribution < -0.4 is 4.74 Å². The summed E-state index contributed by atoms with van der Waals surface area (Å²) in [6.45, 7) is 3.74. The Morgan fingerprint density at radius 2 is 2.15 bits per heavy atom. The smallest absolute Gasteiger partial charge is 0.338 e. The van der Waals surface area contributed by atoms with Gasteiger partial charge in [-0.15, -0.1) is 0 Å². The molecular weight excluding hydrogens is 326 g/mol. The zero-order valence-corrected chi connectivity index (χ0v) is 13.0. The first kappa shape index (κ1) is 14.6. The number of hydrogen-bond acceptors (Lipinski definition) is 5. The zero-order chi connectivity index (χ0) is 14.7. The van der Waals surface area contributed by atoms with E-state index in [2.05, 4.69) is 21.1 Å². The number of benzene rings is 1. The molecular formula is C14H14BrNO4. The Hall–Kier alpha value is -1.82. The number of nitrogens with zero attached hydrogens (tertiary/aromatic N) is 1. The number of hydrogen-bond donors (Lipinski definition) is 0. The van der Waals surface area contributed by atoms with E-state index in [1.54, 1.807) is 32.2 Å². The van der Waals surface area contributed by atoms with Crippen LogP contribution in [0.4, 0.5) is 0 Å². The second-order valence-corrected chi connectivity index (χ2v) is 5.08. The van der Waals surface area contributed by atoms with Gasteiger partial charge in [0.2, 0.25) is 0 Å². The lowest BCUT2D eigenvalue weighted by molar-refractivity contribution is 0.0470. The minimum absolute atomic E-state index is 0.143. The van der Waals surface area contributed by atoms with E-state index in [0.29, 0.717) is 21.5 Å². The summed E-state index contributed by atoms with van der Waals surface area (Å²) in [4.78, 5) is 12.0. The van der Waals surface area contributed by atoms with E-state index in [4.69, 9.17) is 14.0 Å². The van der Waals surface area contributed by atoms with Gasteiger partial charge in [0.05, 0.1) is 28.4 Å². The molecule has 2 aromatic rings. The Kier molecular flexibility index (Phi) is 4.44. The summed E-state index contributed by atoms with van der Waals surface area (Å²) < 4.78 is 16.1. The van der Waals surface area contributed by atoms with Crippen molar-refractivity contribution in [3.05, 3.63) is 45.3 Å². The molecule has 0 saturated carbocycles. The van der Waals surface area contributed by atoms with E-state index >= 15 is 0 Å². The molecule has 2 rings (SSSR count). The average molecular weight is 340 g/mol. The van der Waals surface area contributed by atoms with E-state index in [1.165, 1.54) is 0 Å². The van der Waals surface area contributed by atoms with Crippen molar-refractivity contribution < 1.29 is 18.8 Å². The SMILES string of the molecule is COc1ccc(C(=O)OCc2c(C)noc2C)cc1Br. The van der Waals surface area contributed by atoms with Crippen molar-refractivity contribution in [3.8, 4) is 5.75 Å². The van der Waals surface area contributed by atoms with Gasteiger partial charge in [0, 0.05) is 0 Å². The number of ether oxygens (including phenoxy) is 2. The first-order valence-electron chi connectivity index (χ1n) is 5.95. The number of carbonyl (C=O) groups excluding carboxylic acids is 1. The largest absolute Gasteiger partial charge is 0.496 e. The summed E-state index contributed by atoms with van der Waals surface area (Å²) in [7, 11) is 1.57. The van der Waals surface area contributed by atoms with Crippen LogP contribution in [0.2, 0.25) is 0 Å². The van der Waals surface area contributed by atoms with Crippen molar-refractivity contribution in [2.24, 2.45) is 0 Å². The van der Waals surface area contributed by atoms with Crippen LogP contribution in [0.5, 0.6) is 5.75 Å². The lowest BCUT2D eigenvalue weighted by atomic mass is 10.2. The van der Waals surface area contributed by atoms with Gasteiger partial charge in [-0.1, -0.05) is 5.16 Å². The van der Waals surface area contributed by atoms with Crippen LogP contribution in [0.25, 0.3) is 0 Å². The van der Waals surface area contributed by atoms with Crippen LogP contribution in [-0.4, -0.2) is 18.2 Å². The fourth-order valence-corrected chi connectivity index (χ4v) is 2.26. The molecule has 1 aromatic heterocycles. The number of esters is 1. The van der Waals surface area contributed by atoms with Crippen LogP contribution in [0.3, 0.4) is 0 Å². The van der Waals surface area contributed by atoms with Crippen LogP contribution in [-0.2, 0) is 11.3 Å². The van der Waals surface area contributed by atoms with E-state index in [0.717, 1.165) is 11.3 Å². The lowest BCUT2D eigenvalue weighted by Gasteiger charge is -2.07. The molecule has 0 N–H and O–H groups in total. The highest BCUT2D eigenvalue weighted by atomic mass is 79.9. The predicted octanol–water partition coefficient (Wildman–Crippen LogP) is 3.42. The Labute approximate surface area is 125 Å². The van der Waals surface area contributed by atoms with Crippen molar-refractivity contribution in [2.45, 2.75) is 20.5 Å². The normalized spacial score (nSPS) is 10.4. The Bertz CT molecular complexity index is 617. The van der Waals surface area contributed by atoms with Crippen molar-refractivity contribution >= 4 is 21.9 Å². The molecule has 0 aliphatic carbocycles. The second kappa shape index (κ2) is 6.09. The minimum atomic E-state index is -0.409.